The largest absolute Gasteiger partial charge is 0.382 e. The molecule has 0 radical (unpaired) electrons. The maximum atomic E-state index is 12.9. The van der Waals surface area contributed by atoms with Crippen molar-refractivity contribution in [2.24, 2.45) is 0 Å². The lowest BCUT2D eigenvalue weighted by Crippen LogP contribution is -2.38. The Bertz CT molecular complexity index is 1550. The first-order valence-corrected chi connectivity index (χ1v) is 12.5. The number of benzene rings is 3. The normalized spacial score (nSPS) is 12.0. The molecule has 5 aromatic rings. The fourth-order valence-corrected chi connectivity index (χ4v) is 4.90. The van der Waals surface area contributed by atoms with Gasteiger partial charge in [-0.05, 0) is 47.9 Å². The molecule has 11 heteroatoms. The van der Waals surface area contributed by atoms with Crippen molar-refractivity contribution in [2.75, 3.05) is 5.73 Å². The number of nitrogens with two attached hydrogens (primary N) is 1. The Balaban J connectivity index is 1.39. The number of amides is 2. The summed E-state index contributed by atoms with van der Waals surface area (Å²) in [7, 11) is 0. The number of nitrogens with one attached hydrogen (secondary N) is 4. The van der Waals surface area contributed by atoms with Gasteiger partial charge < -0.3 is 21.4 Å². The third kappa shape index (κ3) is 5.83. The standard InChI is InChI=1S/C26H22Cl3N7O/c27-17-8-15(9-18(28)12-17)13-31-26(37)32-21(10-14-4-2-1-3-5-14)25-33-22(23(29)34-25)16-6-7-19-20(11-16)35-36-24(19)30/h1-9,11-12,21H,10,13H2,(H,33,34)(H3,30,35,36)(H2,31,32,37)/t21-/m0/s1. The Morgan fingerprint density at radius 2 is 1.73 bits per heavy atom. The van der Waals surface area contributed by atoms with Gasteiger partial charge in [0.05, 0.1) is 11.6 Å². The predicted octanol–water partition coefficient (Wildman–Crippen LogP) is 6.28. The van der Waals surface area contributed by atoms with Gasteiger partial charge in [0, 0.05) is 27.5 Å². The van der Waals surface area contributed by atoms with Gasteiger partial charge in [-0.15, -0.1) is 0 Å². The lowest BCUT2D eigenvalue weighted by atomic mass is 10.1. The molecule has 1 atom stereocenters. The van der Waals surface area contributed by atoms with Gasteiger partial charge in [-0.2, -0.15) is 5.10 Å². The first-order valence-electron chi connectivity index (χ1n) is 11.4. The van der Waals surface area contributed by atoms with E-state index in [0.29, 0.717) is 39.0 Å². The number of halogens is 3. The fraction of sp³-hybridized carbons (Fsp3) is 0.115. The van der Waals surface area contributed by atoms with E-state index >= 15 is 0 Å². The van der Waals surface area contributed by atoms with Crippen molar-refractivity contribution in [3.63, 3.8) is 0 Å². The molecule has 2 aromatic heterocycles. The fourth-order valence-electron chi connectivity index (χ4n) is 4.08. The number of rotatable bonds is 7. The Labute approximate surface area is 227 Å². The van der Waals surface area contributed by atoms with Crippen LogP contribution in [0.15, 0.2) is 66.7 Å². The quantitative estimate of drug-likeness (QED) is 0.162. The molecule has 0 bridgehead atoms. The number of H-pyrrole nitrogens is 2. The van der Waals surface area contributed by atoms with Crippen LogP contribution in [-0.2, 0) is 13.0 Å². The van der Waals surface area contributed by atoms with E-state index in [1.165, 1.54) is 0 Å². The number of nitrogen functional groups attached to an aromatic ring is 1. The highest BCUT2D eigenvalue weighted by atomic mass is 35.5. The van der Waals surface area contributed by atoms with Gasteiger partial charge in [-0.1, -0.05) is 71.2 Å². The highest BCUT2D eigenvalue weighted by Crippen LogP contribution is 2.31. The van der Waals surface area contributed by atoms with E-state index in [2.05, 4.69) is 25.8 Å². The summed E-state index contributed by atoms with van der Waals surface area (Å²) in [6.45, 7) is 0.252. The predicted molar refractivity (Wildman–Crippen MR) is 148 cm³/mol. The Kier molecular flexibility index (Phi) is 7.23. The molecule has 0 saturated carbocycles. The van der Waals surface area contributed by atoms with E-state index in [0.717, 1.165) is 27.6 Å². The zero-order valence-corrected chi connectivity index (χ0v) is 21.6. The highest BCUT2D eigenvalue weighted by molar-refractivity contribution is 6.34. The minimum absolute atomic E-state index is 0.252. The van der Waals surface area contributed by atoms with E-state index in [9.17, 15) is 4.79 Å². The first kappa shape index (κ1) is 25.0. The number of nitrogens with zero attached hydrogens (tertiary/aromatic N) is 2. The lowest BCUT2D eigenvalue weighted by molar-refractivity contribution is 0.236. The number of hydrogen-bond donors (Lipinski definition) is 5. The maximum Gasteiger partial charge on any atom is 0.315 e. The minimum Gasteiger partial charge on any atom is -0.382 e. The molecule has 2 heterocycles. The zero-order chi connectivity index (χ0) is 25.9. The smallest absolute Gasteiger partial charge is 0.315 e. The third-order valence-electron chi connectivity index (χ3n) is 5.84. The molecule has 6 N–H and O–H groups in total. The van der Waals surface area contributed by atoms with Crippen molar-refractivity contribution >= 4 is 57.6 Å². The summed E-state index contributed by atoms with van der Waals surface area (Å²) in [6.07, 6.45) is 0.497. The topological polar surface area (TPSA) is 125 Å². The van der Waals surface area contributed by atoms with Crippen LogP contribution in [0.4, 0.5) is 10.6 Å². The number of hydrogen-bond acceptors (Lipinski definition) is 4. The molecule has 37 heavy (non-hydrogen) atoms. The van der Waals surface area contributed by atoms with Crippen molar-refractivity contribution < 1.29 is 4.79 Å². The second-order valence-electron chi connectivity index (χ2n) is 8.50. The average Bonchev–Trinajstić information content (AvgIpc) is 3.44. The van der Waals surface area contributed by atoms with Crippen LogP contribution in [0.5, 0.6) is 0 Å². The number of urea groups is 1. The van der Waals surface area contributed by atoms with Crippen molar-refractivity contribution in [3.05, 3.63) is 98.9 Å². The first-order chi connectivity index (χ1) is 17.9. The molecule has 0 aliphatic rings. The van der Waals surface area contributed by atoms with Gasteiger partial charge in [-0.25, -0.2) is 9.78 Å². The number of carbonyl (C=O) groups excluding carboxylic acids is 1. The van der Waals surface area contributed by atoms with Gasteiger partial charge in [0.25, 0.3) is 0 Å². The van der Waals surface area contributed by atoms with E-state index in [4.69, 9.17) is 45.5 Å². The van der Waals surface area contributed by atoms with Crippen LogP contribution in [0.3, 0.4) is 0 Å². The maximum absolute atomic E-state index is 12.9. The Morgan fingerprint density at radius 1 is 0.973 bits per heavy atom. The molecular weight excluding hydrogens is 533 g/mol. The molecule has 188 valence electrons. The lowest BCUT2D eigenvalue weighted by Gasteiger charge is -2.18. The van der Waals surface area contributed by atoms with Crippen molar-refractivity contribution in [2.45, 2.75) is 19.0 Å². The van der Waals surface area contributed by atoms with E-state index < -0.39 is 6.04 Å². The van der Waals surface area contributed by atoms with E-state index in [-0.39, 0.29) is 12.6 Å². The van der Waals surface area contributed by atoms with Gasteiger partial charge in [0.15, 0.2) is 5.82 Å². The monoisotopic (exact) mass is 553 g/mol. The Hall–Kier alpha value is -3.72. The molecule has 0 aliphatic carbocycles. The van der Waals surface area contributed by atoms with Gasteiger partial charge in [0.1, 0.15) is 16.7 Å². The number of imidazole rings is 1. The van der Waals surface area contributed by atoms with Crippen LogP contribution in [0.25, 0.3) is 22.2 Å². The van der Waals surface area contributed by atoms with E-state index in [1.54, 1.807) is 18.2 Å². The van der Waals surface area contributed by atoms with Crippen LogP contribution in [-0.4, -0.2) is 26.2 Å². The van der Waals surface area contributed by atoms with Crippen LogP contribution >= 0.6 is 34.8 Å². The van der Waals surface area contributed by atoms with Gasteiger partial charge in [-0.3, -0.25) is 5.10 Å². The number of fused-ring (bicyclic) bond motifs is 1. The second kappa shape index (κ2) is 10.7. The average molecular weight is 555 g/mol. The van der Waals surface area contributed by atoms with Crippen molar-refractivity contribution in [1.29, 1.82) is 0 Å². The van der Waals surface area contributed by atoms with Crippen molar-refractivity contribution in [1.82, 2.24) is 30.8 Å². The molecule has 0 spiro atoms. The van der Waals surface area contributed by atoms with Crippen LogP contribution in [0.1, 0.15) is 23.0 Å². The summed E-state index contributed by atoms with van der Waals surface area (Å²) >= 11 is 18.7. The molecule has 2 amide bonds. The number of anilines is 1. The highest BCUT2D eigenvalue weighted by Gasteiger charge is 2.22. The van der Waals surface area contributed by atoms with Gasteiger partial charge in [0.2, 0.25) is 0 Å². The van der Waals surface area contributed by atoms with E-state index in [1.807, 2.05) is 48.5 Å². The summed E-state index contributed by atoms with van der Waals surface area (Å²) in [5, 5.41) is 15.0. The molecular formula is C26H22Cl3N7O. The molecule has 0 fully saturated rings. The summed E-state index contributed by atoms with van der Waals surface area (Å²) in [6, 6.07) is 19.7. The molecule has 5 rings (SSSR count). The minimum atomic E-state index is -0.483. The Morgan fingerprint density at radius 3 is 2.49 bits per heavy atom. The number of carbonyl (C=O) groups is 1. The third-order valence-corrected chi connectivity index (χ3v) is 6.55. The second-order valence-corrected chi connectivity index (χ2v) is 9.75. The molecule has 0 unspecified atom stereocenters. The summed E-state index contributed by atoms with van der Waals surface area (Å²) < 4.78 is 0. The van der Waals surface area contributed by atoms with Crippen LogP contribution in [0, 0.1) is 0 Å². The number of aromatic amines is 2. The molecule has 0 saturated heterocycles. The van der Waals surface area contributed by atoms with Gasteiger partial charge >= 0.3 is 6.03 Å². The summed E-state index contributed by atoms with van der Waals surface area (Å²) in [5.41, 5.74) is 9.81. The number of aromatic nitrogens is 4. The molecule has 0 aliphatic heterocycles. The molecule has 8 nitrogen and oxygen atoms in total. The zero-order valence-electron chi connectivity index (χ0n) is 19.4. The van der Waals surface area contributed by atoms with Crippen LogP contribution in [0.2, 0.25) is 15.2 Å². The van der Waals surface area contributed by atoms with Crippen LogP contribution < -0.4 is 16.4 Å². The van der Waals surface area contributed by atoms with Crippen molar-refractivity contribution in [3.8, 4) is 11.3 Å². The molecule has 3 aromatic carbocycles. The SMILES string of the molecule is Nc1n[nH]c2cc(-c3nc([C@H](Cc4ccccc4)NC(=O)NCc4cc(Cl)cc(Cl)c4)[nH]c3Cl)ccc12. The summed E-state index contributed by atoms with van der Waals surface area (Å²) in [5.74, 6) is 0.947. The summed E-state index contributed by atoms with van der Waals surface area (Å²) in [4.78, 5) is 20.8.